The zero-order valence-corrected chi connectivity index (χ0v) is 20.5. The van der Waals surface area contributed by atoms with Crippen molar-refractivity contribution >= 4 is 49.5 Å². The van der Waals surface area contributed by atoms with E-state index in [4.69, 9.17) is 9.15 Å². The topological polar surface area (TPSA) is 82.2 Å². The molecule has 0 aliphatic heterocycles. The number of amides is 1. The highest BCUT2D eigenvalue weighted by Gasteiger charge is 2.61. The summed E-state index contributed by atoms with van der Waals surface area (Å²) < 4.78 is 14.4. The number of anilines is 1. The Morgan fingerprint density at radius 2 is 1.94 bits per heavy atom. The molecular formula is C26H25BrN4O3. The Kier molecular flexibility index (Phi) is 4.26. The Morgan fingerprint density at radius 1 is 1.15 bits per heavy atom. The fraction of sp³-hybridized carbons (Fsp3) is 0.423. The molecule has 4 aliphatic carbocycles. The number of fused-ring (bicyclic) bond motifs is 3. The minimum Gasteiger partial charge on any atom is -0.495 e. The van der Waals surface area contributed by atoms with Crippen molar-refractivity contribution in [2.75, 3.05) is 12.4 Å². The van der Waals surface area contributed by atoms with E-state index >= 15 is 0 Å². The third-order valence-electron chi connectivity index (χ3n) is 8.41. The number of rotatable bonds is 4. The number of aromatic nitrogens is 3. The number of benzene rings is 2. The lowest BCUT2D eigenvalue weighted by molar-refractivity contribution is -0.150. The lowest BCUT2D eigenvalue weighted by Crippen LogP contribution is -2.60. The molecule has 4 bridgehead atoms. The van der Waals surface area contributed by atoms with E-state index in [1.54, 1.807) is 7.11 Å². The zero-order valence-electron chi connectivity index (χ0n) is 18.9. The minimum absolute atomic E-state index is 0.0823. The molecule has 1 amide bonds. The number of nitrogens with one attached hydrogen (secondary N) is 1. The molecule has 4 saturated carbocycles. The minimum atomic E-state index is -0.406. The van der Waals surface area contributed by atoms with Gasteiger partial charge in [0, 0.05) is 16.8 Å². The van der Waals surface area contributed by atoms with E-state index in [1.165, 1.54) is 6.42 Å². The van der Waals surface area contributed by atoms with Gasteiger partial charge in [-0.3, -0.25) is 4.79 Å². The predicted octanol–water partition coefficient (Wildman–Crippen LogP) is 5.88. The molecule has 174 valence electrons. The van der Waals surface area contributed by atoms with Gasteiger partial charge in [-0.25, -0.2) is 9.67 Å². The van der Waals surface area contributed by atoms with Gasteiger partial charge in [0.25, 0.3) is 0 Å². The van der Waals surface area contributed by atoms with Gasteiger partial charge < -0.3 is 14.5 Å². The number of carbonyl (C=O) groups is 1. The second-order valence-electron chi connectivity index (χ2n) is 10.5. The maximum atomic E-state index is 14.0. The van der Waals surface area contributed by atoms with Crippen LogP contribution in [0.15, 0.2) is 51.9 Å². The van der Waals surface area contributed by atoms with Crippen molar-refractivity contribution < 1.29 is 13.9 Å². The van der Waals surface area contributed by atoms with E-state index in [9.17, 15) is 4.79 Å². The number of methoxy groups -OCH3 is 1. The number of carbonyl (C=O) groups excluding carboxylic acids is 1. The third kappa shape index (κ3) is 2.90. The first-order valence-electron chi connectivity index (χ1n) is 11.9. The van der Waals surface area contributed by atoms with Crippen LogP contribution in [0.25, 0.3) is 21.9 Å². The van der Waals surface area contributed by atoms with Crippen LogP contribution in [0.2, 0.25) is 0 Å². The van der Waals surface area contributed by atoms with Gasteiger partial charge in [-0.1, -0.05) is 18.2 Å². The van der Waals surface area contributed by atoms with Crippen molar-refractivity contribution in [3.8, 4) is 5.75 Å². The van der Waals surface area contributed by atoms with Crippen LogP contribution in [0.1, 0.15) is 38.5 Å². The molecule has 2 aromatic heterocycles. The highest BCUT2D eigenvalue weighted by Crippen LogP contribution is 2.64. The van der Waals surface area contributed by atoms with Gasteiger partial charge in [-0.2, -0.15) is 0 Å². The number of halogens is 1. The van der Waals surface area contributed by atoms with Crippen LogP contribution in [0.5, 0.6) is 5.75 Å². The molecule has 34 heavy (non-hydrogen) atoms. The average Bonchev–Trinajstić information content (AvgIpc) is 3.41. The Morgan fingerprint density at radius 3 is 2.68 bits per heavy atom. The molecule has 4 fully saturated rings. The average molecular weight is 521 g/mol. The van der Waals surface area contributed by atoms with E-state index in [2.05, 4.69) is 31.3 Å². The zero-order chi connectivity index (χ0) is 23.1. The molecule has 0 unspecified atom stereocenters. The van der Waals surface area contributed by atoms with Crippen molar-refractivity contribution in [3.05, 3.63) is 47.5 Å². The predicted molar refractivity (Wildman–Crippen MR) is 132 cm³/mol. The Bertz CT molecular complexity index is 1440. The quantitative estimate of drug-likeness (QED) is 0.363. The van der Waals surface area contributed by atoms with E-state index < -0.39 is 5.41 Å². The maximum absolute atomic E-state index is 14.0. The van der Waals surface area contributed by atoms with Gasteiger partial charge in [0.2, 0.25) is 10.6 Å². The van der Waals surface area contributed by atoms with Gasteiger partial charge in [-0.15, -0.1) is 5.10 Å². The fourth-order valence-corrected chi connectivity index (χ4v) is 7.75. The second-order valence-corrected chi connectivity index (χ2v) is 11.2. The summed E-state index contributed by atoms with van der Waals surface area (Å²) in [6.45, 7) is 0. The molecule has 2 aromatic carbocycles. The summed E-state index contributed by atoms with van der Waals surface area (Å²) in [5, 5.41) is 9.89. The summed E-state index contributed by atoms with van der Waals surface area (Å²) in [4.78, 5) is 18.3. The largest absolute Gasteiger partial charge is 0.495 e. The molecular weight excluding hydrogens is 496 g/mol. The van der Waals surface area contributed by atoms with E-state index in [1.807, 2.05) is 47.4 Å². The summed E-state index contributed by atoms with van der Waals surface area (Å²) in [6.07, 6.45) is 7.83. The Hall–Kier alpha value is -2.87. The van der Waals surface area contributed by atoms with Crippen molar-refractivity contribution in [1.29, 1.82) is 0 Å². The molecule has 2 heterocycles. The van der Waals surface area contributed by atoms with Crippen LogP contribution < -0.4 is 10.1 Å². The number of furan rings is 1. The molecule has 0 spiro atoms. The summed E-state index contributed by atoms with van der Waals surface area (Å²) in [5.41, 5.74) is 1.69. The van der Waals surface area contributed by atoms with Crippen LogP contribution in [-0.4, -0.2) is 27.8 Å². The molecule has 4 aromatic rings. The highest BCUT2D eigenvalue weighted by atomic mass is 79.9. The first kappa shape index (κ1) is 20.5. The molecule has 4 aliphatic rings. The Labute approximate surface area is 205 Å². The van der Waals surface area contributed by atoms with Crippen molar-refractivity contribution in [3.63, 3.8) is 0 Å². The van der Waals surface area contributed by atoms with Gasteiger partial charge in [0.05, 0.1) is 23.8 Å². The summed E-state index contributed by atoms with van der Waals surface area (Å²) >= 11 is 3.40. The Balaban J connectivity index is 1.26. The van der Waals surface area contributed by atoms with Crippen LogP contribution in [-0.2, 0) is 10.3 Å². The van der Waals surface area contributed by atoms with E-state index in [0.29, 0.717) is 28.0 Å². The van der Waals surface area contributed by atoms with Crippen molar-refractivity contribution in [1.82, 2.24) is 14.8 Å². The lowest BCUT2D eigenvalue weighted by Gasteiger charge is -2.60. The monoisotopic (exact) mass is 520 g/mol. The van der Waals surface area contributed by atoms with E-state index in [0.717, 1.165) is 54.0 Å². The van der Waals surface area contributed by atoms with Gasteiger partial charge in [0.1, 0.15) is 23.2 Å². The molecule has 0 radical (unpaired) electrons. The van der Waals surface area contributed by atoms with E-state index in [-0.39, 0.29) is 11.4 Å². The van der Waals surface area contributed by atoms with Gasteiger partial charge in [0.15, 0.2) is 0 Å². The summed E-state index contributed by atoms with van der Waals surface area (Å²) in [5.74, 6) is 1.80. The molecule has 7 nitrogen and oxygen atoms in total. The molecule has 2 atom stereocenters. The number of ether oxygens (including phenoxy) is 1. The molecule has 8 rings (SSSR count). The first-order chi connectivity index (χ1) is 16.5. The molecule has 8 heteroatoms. The van der Waals surface area contributed by atoms with Crippen LogP contribution in [0.4, 0.5) is 5.69 Å². The number of hydrogen-bond donors (Lipinski definition) is 1. The molecule has 0 saturated heterocycles. The number of hydrogen-bond acceptors (Lipinski definition) is 5. The van der Waals surface area contributed by atoms with Crippen LogP contribution in [0, 0.1) is 17.3 Å². The number of para-hydroxylation sites is 1. The lowest BCUT2D eigenvalue weighted by atomic mass is 9.46. The fourth-order valence-electron chi connectivity index (χ4n) is 7.49. The number of nitrogens with zero attached hydrogens (tertiary/aromatic N) is 3. The van der Waals surface area contributed by atoms with Crippen LogP contribution >= 0.6 is 15.9 Å². The summed E-state index contributed by atoms with van der Waals surface area (Å²) in [7, 11) is 1.64. The SMILES string of the molecule is COc1cc2c(cc1NC(=O)C13C[C@H]4C[C@H](C1)CC(n1cnc(Br)n1)(C4)C3)oc1ccccc12. The third-order valence-corrected chi connectivity index (χ3v) is 8.77. The van der Waals surface area contributed by atoms with Gasteiger partial charge >= 0.3 is 0 Å². The van der Waals surface area contributed by atoms with Crippen molar-refractivity contribution in [2.24, 2.45) is 17.3 Å². The van der Waals surface area contributed by atoms with Crippen molar-refractivity contribution in [2.45, 2.75) is 44.1 Å². The second kappa shape index (κ2) is 7.07. The maximum Gasteiger partial charge on any atom is 0.230 e. The normalized spacial score (nSPS) is 29.7. The van der Waals surface area contributed by atoms with Crippen LogP contribution in [0.3, 0.4) is 0 Å². The smallest absolute Gasteiger partial charge is 0.230 e. The van der Waals surface area contributed by atoms with Gasteiger partial charge in [-0.05, 0) is 78.4 Å². The summed E-state index contributed by atoms with van der Waals surface area (Å²) in [6, 6.07) is 11.8. The highest BCUT2D eigenvalue weighted by molar-refractivity contribution is 9.10. The molecule has 1 N–H and O–H groups in total. The first-order valence-corrected chi connectivity index (χ1v) is 12.6. The standard InChI is InChI=1S/C26H25BrN4O3/c1-33-22-7-18-17-4-2-3-5-20(17)34-21(18)8-19(22)29-23(32)25-9-15-6-16(10-25)12-26(11-15,13-25)31-14-28-24(27)30-31/h2-5,7-8,14-16H,6,9-13H2,1H3,(H,29,32)/t15-,16-,25?,26?/m1/s1.